The van der Waals surface area contributed by atoms with E-state index in [2.05, 4.69) is 11.9 Å². The van der Waals surface area contributed by atoms with Crippen LogP contribution in [0.1, 0.15) is 25.7 Å². The first-order valence-corrected chi connectivity index (χ1v) is 7.19. The molecule has 0 amide bonds. The zero-order valence-corrected chi connectivity index (χ0v) is 11.6. The third kappa shape index (κ3) is 4.50. The van der Waals surface area contributed by atoms with Crippen LogP contribution in [0.15, 0.2) is 0 Å². The van der Waals surface area contributed by atoms with Gasteiger partial charge in [0, 0.05) is 31.7 Å². The van der Waals surface area contributed by atoms with Crippen LogP contribution in [-0.4, -0.2) is 63.2 Å². The van der Waals surface area contributed by atoms with E-state index in [-0.39, 0.29) is 12.0 Å². The fraction of sp³-hybridized carbons (Fsp3) is 1.00. The smallest absolute Gasteiger partial charge is 0.0593 e. The van der Waals surface area contributed by atoms with Crippen molar-refractivity contribution in [3.05, 3.63) is 0 Å². The van der Waals surface area contributed by atoms with E-state index in [4.69, 9.17) is 9.47 Å². The molecule has 1 aliphatic carbocycles. The number of aliphatic hydroxyl groups is 1. The maximum atomic E-state index is 9.61. The molecular weight excluding hydrogens is 230 g/mol. The average Bonchev–Trinajstić information content (AvgIpc) is 3.20. The molecule has 1 atom stereocenters. The Balaban J connectivity index is 1.62. The van der Waals surface area contributed by atoms with Crippen molar-refractivity contribution in [3.8, 4) is 0 Å². The maximum Gasteiger partial charge on any atom is 0.0593 e. The summed E-state index contributed by atoms with van der Waals surface area (Å²) in [6.45, 7) is 5.33. The normalized spacial score (nSPS) is 28.8. The topological polar surface area (TPSA) is 41.9 Å². The number of hydrogen-bond donors (Lipinski definition) is 1. The number of likely N-dealkylation sites (N-methyl/N-ethyl adjacent to an activating group) is 1. The van der Waals surface area contributed by atoms with Gasteiger partial charge < -0.3 is 19.5 Å². The third-order valence-electron chi connectivity index (χ3n) is 4.01. The molecule has 1 saturated carbocycles. The van der Waals surface area contributed by atoms with E-state index in [1.807, 2.05) is 0 Å². The zero-order valence-electron chi connectivity index (χ0n) is 11.6. The molecule has 2 aliphatic rings. The summed E-state index contributed by atoms with van der Waals surface area (Å²) >= 11 is 0. The molecule has 0 radical (unpaired) electrons. The van der Waals surface area contributed by atoms with Gasteiger partial charge in [0.1, 0.15) is 0 Å². The molecule has 18 heavy (non-hydrogen) atoms. The van der Waals surface area contributed by atoms with Gasteiger partial charge in [-0.1, -0.05) is 0 Å². The van der Waals surface area contributed by atoms with Crippen molar-refractivity contribution in [2.45, 2.75) is 25.7 Å². The molecule has 0 aromatic heterocycles. The molecule has 1 unspecified atom stereocenters. The fourth-order valence-corrected chi connectivity index (χ4v) is 2.62. The summed E-state index contributed by atoms with van der Waals surface area (Å²) in [5, 5.41) is 9.61. The highest BCUT2D eigenvalue weighted by Crippen LogP contribution is 2.29. The molecule has 1 heterocycles. The highest BCUT2D eigenvalue weighted by atomic mass is 16.5. The molecule has 0 spiro atoms. The first-order valence-electron chi connectivity index (χ1n) is 7.19. The number of hydrogen-bond acceptors (Lipinski definition) is 4. The van der Waals surface area contributed by atoms with Gasteiger partial charge >= 0.3 is 0 Å². The molecule has 0 bridgehead atoms. The number of nitrogens with zero attached hydrogens (tertiary/aromatic N) is 1. The van der Waals surface area contributed by atoms with Crippen molar-refractivity contribution < 1.29 is 14.6 Å². The molecule has 4 heteroatoms. The lowest BCUT2D eigenvalue weighted by Gasteiger charge is -2.38. The lowest BCUT2D eigenvalue weighted by atomic mass is 9.83. The van der Waals surface area contributed by atoms with Gasteiger partial charge in [-0.3, -0.25) is 0 Å². The molecule has 0 aromatic rings. The van der Waals surface area contributed by atoms with E-state index in [1.165, 1.54) is 12.8 Å². The Hall–Kier alpha value is -0.160. The summed E-state index contributed by atoms with van der Waals surface area (Å²) < 4.78 is 11.2. The highest BCUT2D eigenvalue weighted by molar-refractivity contribution is 4.84. The summed E-state index contributed by atoms with van der Waals surface area (Å²) in [5.74, 6) is 0.839. The van der Waals surface area contributed by atoms with Gasteiger partial charge in [-0.25, -0.2) is 0 Å². The van der Waals surface area contributed by atoms with E-state index in [1.54, 1.807) is 0 Å². The van der Waals surface area contributed by atoms with Crippen molar-refractivity contribution in [1.82, 2.24) is 4.90 Å². The lowest BCUT2D eigenvalue weighted by Crippen LogP contribution is -2.45. The van der Waals surface area contributed by atoms with Gasteiger partial charge in [0.2, 0.25) is 0 Å². The van der Waals surface area contributed by atoms with Crippen molar-refractivity contribution in [3.63, 3.8) is 0 Å². The molecule has 1 aliphatic heterocycles. The number of aliphatic hydroxyl groups excluding tert-OH is 1. The molecule has 4 nitrogen and oxygen atoms in total. The van der Waals surface area contributed by atoms with Crippen LogP contribution in [-0.2, 0) is 9.47 Å². The minimum absolute atomic E-state index is 0.0521. The van der Waals surface area contributed by atoms with Crippen molar-refractivity contribution in [2.75, 3.05) is 53.2 Å². The van der Waals surface area contributed by atoms with Crippen LogP contribution < -0.4 is 0 Å². The van der Waals surface area contributed by atoms with Crippen LogP contribution in [0.4, 0.5) is 0 Å². The Labute approximate surface area is 110 Å². The SMILES string of the molecule is CN(CCOCC1CC1)CC1(CO)CCCOC1. The Morgan fingerprint density at radius 2 is 2.28 bits per heavy atom. The van der Waals surface area contributed by atoms with E-state index in [9.17, 15) is 5.11 Å². The summed E-state index contributed by atoms with van der Waals surface area (Å²) in [5.41, 5.74) is -0.0521. The Bertz CT molecular complexity index is 237. The van der Waals surface area contributed by atoms with E-state index in [0.717, 1.165) is 51.7 Å². The van der Waals surface area contributed by atoms with E-state index >= 15 is 0 Å². The molecule has 0 aromatic carbocycles. The second kappa shape index (κ2) is 6.85. The standard InChI is InChI=1S/C14H27NO3/c1-15(6-8-17-9-13-3-4-13)10-14(11-16)5-2-7-18-12-14/h13,16H,2-12H2,1H3. The molecule has 106 valence electrons. The van der Waals surface area contributed by atoms with E-state index < -0.39 is 0 Å². The van der Waals surface area contributed by atoms with Crippen molar-refractivity contribution in [2.24, 2.45) is 11.3 Å². The molecule has 1 N–H and O–H groups in total. The monoisotopic (exact) mass is 257 g/mol. The third-order valence-corrected chi connectivity index (χ3v) is 4.01. The Morgan fingerprint density at radius 1 is 1.44 bits per heavy atom. The van der Waals surface area contributed by atoms with Crippen LogP contribution in [0.3, 0.4) is 0 Å². The van der Waals surface area contributed by atoms with Gasteiger partial charge in [0.15, 0.2) is 0 Å². The molecular formula is C14H27NO3. The van der Waals surface area contributed by atoms with Crippen LogP contribution >= 0.6 is 0 Å². The first-order chi connectivity index (χ1) is 8.74. The predicted molar refractivity (Wildman–Crippen MR) is 70.6 cm³/mol. The van der Waals surface area contributed by atoms with Crippen LogP contribution in [0.5, 0.6) is 0 Å². The number of ether oxygens (including phenoxy) is 2. The van der Waals surface area contributed by atoms with Gasteiger partial charge in [-0.15, -0.1) is 0 Å². The predicted octanol–water partition coefficient (Wildman–Crippen LogP) is 1.13. The summed E-state index contributed by atoms with van der Waals surface area (Å²) in [4.78, 5) is 2.26. The molecule has 2 rings (SSSR count). The van der Waals surface area contributed by atoms with Crippen LogP contribution in [0.25, 0.3) is 0 Å². The van der Waals surface area contributed by atoms with Crippen molar-refractivity contribution in [1.29, 1.82) is 0 Å². The summed E-state index contributed by atoms with van der Waals surface area (Å²) in [7, 11) is 2.10. The largest absolute Gasteiger partial charge is 0.396 e. The Kier molecular flexibility index (Phi) is 5.42. The maximum absolute atomic E-state index is 9.61. The summed E-state index contributed by atoms with van der Waals surface area (Å²) in [6.07, 6.45) is 4.82. The van der Waals surface area contributed by atoms with Crippen LogP contribution in [0, 0.1) is 11.3 Å². The second-order valence-electron chi connectivity index (χ2n) is 6.07. The van der Waals surface area contributed by atoms with Crippen molar-refractivity contribution >= 4 is 0 Å². The molecule has 2 fully saturated rings. The van der Waals surface area contributed by atoms with Gasteiger partial charge in [0.25, 0.3) is 0 Å². The van der Waals surface area contributed by atoms with Gasteiger partial charge in [-0.05, 0) is 38.6 Å². The fourth-order valence-electron chi connectivity index (χ4n) is 2.62. The average molecular weight is 257 g/mol. The second-order valence-corrected chi connectivity index (χ2v) is 6.07. The Morgan fingerprint density at radius 3 is 2.89 bits per heavy atom. The quantitative estimate of drug-likeness (QED) is 0.662. The summed E-state index contributed by atoms with van der Waals surface area (Å²) in [6, 6.07) is 0. The zero-order chi connectivity index (χ0) is 12.8. The number of rotatable bonds is 8. The van der Waals surface area contributed by atoms with Gasteiger partial charge in [-0.2, -0.15) is 0 Å². The minimum Gasteiger partial charge on any atom is -0.396 e. The minimum atomic E-state index is -0.0521. The lowest BCUT2D eigenvalue weighted by molar-refractivity contribution is -0.0545. The highest BCUT2D eigenvalue weighted by Gasteiger charge is 2.33. The first kappa shape index (κ1) is 14.3. The van der Waals surface area contributed by atoms with Crippen LogP contribution in [0.2, 0.25) is 0 Å². The van der Waals surface area contributed by atoms with Gasteiger partial charge in [0.05, 0.1) is 19.8 Å². The van der Waals surface area contributed by atoms with E-state index in [0.29, 0.717) is 6.61 Å². The molecule has 1 saturated heterocycles.